The number of fused-ring (bicyclic) bond motifs is 1. The Morgan fingerprint density at radius 2 is 1.81 bits per heavy atom. The monoisotopic (exact) mass is 296 g/mol. The summed E-state index contributed by atoms with van der Waals surface area (Å²) >= 11 is 0. The lowest BCUT2D eigenvalue weighted by Gasteiger charge is -2.35. The molecule has 0 saturated carbocycles. The van der Waals surface area contributed by atoms with Gasteiger partial charge in [-0.05, 0) is 19.3 Å². The van der Waals surface area contributed by atoms with Gasteiger partial charge in [0.2, 0.25) is 0 Å². The molecule has 1 aliphatic carbocycles. The first-order valence-electron chi connectivity index (χ1n) is 8.30. The summed E-state index contributed by atoms with van der Waals surface area (Å²) in [6, 6.07) is 0. The van der Waals surface area contributed by atoms with Crippen LogP contribution in [0.15, 0.2) is 12.2 Å². The van der Waals surface area contributed by atoms with Crippen LogP contribution in [0.2, 0.25) is 0 Å². The van der Waals surface area contributed by atoms with Gasteiger partial charge < -0.3 is 14.9 Å². The quantitative estimate of drug-likeness (QED) is 0.389. The molecule has 0 aromatic carbocycles. The number of hydrogen-bond donors (Lipinski definition) is 2. The Morgan fingerprint density at radius 1 is 1.10 bits per heavy atom. The maximum Gasteiger partial charge on any atom is 0.312 e. The lowest BCUT2D eigenvalue weighted by atomic mass is 9.65. The van der Waals surface area contributed by atoms with E-state index in [1.807, 2.05) is 6.08 Å². The van der Waals surface area contributed by atoms with Gasteiger partial charge in [0.1, 0.15) is 0 Å². The second kappa shape index (κ2) is 7.95. The van der Waals surface area contributed by atoms with Crippen LogP contribution in [-0.4, -0.2) is 36.0 Å². The van der Waals surface area contributed by atoms with Crippen LogP contribution in [0.25, 0.3) is 0 Å². The second-order valence-corrected chi connectivity index (χ2v) is 6.49. The minimum Gasteiger partial charge on any atom is -0.465 e. The largest absolute Gasteiger partial charge is 0.465 e. The minimum atomic E-state index is -0.382. The number of aliphatic hydroxyl groups is 2. The molecule has 120 valence electrons. The van der Waals surface area contributed by atoms with Gasteiger partial charge >= 0.3 is 5.97 Å². The zero-order valence-electron chi connectivity index (χ0n) is 12.8. The predicted molar refractivity (Wildman–Crippen MR) is 80.6 cm³/mol. The summed E-state index contributed by atoms with van der Waals surface area (Å²) in [5.41, 5.74) is -0.382. The molecule has 0 aromatic heterocycles. The van der Waals surface area contributed by atoms with E-state index in [4.69, 9.17) is 9.84 Å². The van der Waals surface area contributed by atoms with E-state index in [9.17, 15) is 9.90 Å². The van der Waals surface area contributed by atoms with Crippen LogP contribution in [0.4, 0.5) is 0 Å². The van der Waals surface area contributed by atoms with Crippen molar-refractivity contribution in [3.63, 3.8) is 0 Å². The molecule has 2 aliphatic rings. The molecule has 4 nitrogen and oxygen atoms in total. The standard InChI is InChI=1S/C17H28O4/c18-10-6-4-2-1-3-5-9-17-11-14(12-19)7-8-15(17)13-21-16(17)20/h7-8,14-15,18-19H,1-6,9-13H2/t14-,15-,17-/m0/s1. The molecular formula is C17H28O4. The highest BCUT2D eigenvalue weighted by atomic mass is 16.5. The Bertz CT molecular complexity index is 366. The fraction of sp³-hybridized carbons (Fsp3) is 0.824. The summed E-state index contributed by atoms with van der Waals surface area (Å²) in [6.45, 7) is 0.898. The Morgan fingerprint density at radius 3 is 2.52 bits per heavy atom. The number of rotatable bonds is 9. The van der Waals surface area contributed by atoms with Crippen LogP contribution in [0, 0.1) is 17.3 Å². The van der Waals surface area contributed by atoms with Gasteiger partial charge in [0.15, 0.2) is 0 Å². The van der Waals surface area contributed by atoms with Crippen LogP contribution >= 0.6 is 0 Å². The highest BCUT2D eigenvalue weighted by molar-refractivity contribution is 5.80. The van der Waals surface area contributed by atoms with E-state index in [0.717, 1.165) is 51.4 Å². The van der Waals surface area contributed by atoms with Crippen molar-refractivity contribution < 1.29 is 19.7 Å². The third-order valence-corrected chi connectivity index (χ3v) is 5.02. The third-order valence-electron chi connectivity index (χ3n) is 5.02. The van der Waals surface area contributed by atoms with Crippen LogP contribution in [-0.2, 0) is 9.53 Å². The van der Waals surface area contributed by atoms with Gasteiger partial charge in [-0.15, -0.1) is 0 Å². The van der Waals surface area contributed by atoms with E-state index < -0.39 is 0 Å². The van der Waals surface area contributed by atoms with E-state index in [1.54, 1.807) is 0 Å². The maximum absolute atomic E-state index is 12.2. The number of ether oxygens (including phenoxy) is 1. The van der Waals surface area contributed by atoms with Crippen LogP contribution in [0.5, 0.6) is 0 Å². The van der Waals surface area contributed by atoms with Crippen molar-refractivity contribution in [3.05, 3.63) is 12.2 Å². The molecule has 3 atom stereocenters. The third kappa shape index (κ3) is 3.86. The number of carbonyl (C=O) groups excluding carboxylic acids is 1. The fourth-order valence-electron chi connectivity index (χ4n) is 3.70. The van der Waals surface area contributed by atoms with E-state index >= 15 is 0 Å². The van der Waals surface area contributed by atoms with E-state index in [0.29, 0.717) is 6.61 Å². The van der Waals surface area contributed by atoms with E-state index in [1.165, 1.54) is 0 Å². The fourth-order valence-corrected chi connectivity index (χ4v) is 3.70. The molecule has 4 heteroatoms. The highest BCUT2D eigenvalue weighted by Crippen LogP contribution is 2.48. The maximum atomic E-state index is 12.2. The van der Waals surface area contributed by atoms with E-state index in [2.05, 4.69) is 6.08 Å². The van der Waals surface area contributed by atoms with Crippen molar-refractivity contribution in [2.45, 2.75) is 51.4 Å². The number of esters is 1. The summed E-state index contributed by atoms with van der Waals surface area (Å²) in [5.74, 6) is 0.231. The molecule has 0 aromatic rings. The second-order valence-electron chi connectivity index (χ2n) is 6.49. The lowest BCUT2D eigenvalue weighted by Crippen LogP contribution is -2.37. The zero-order valence-corrected chi connectivity index (χ0v) is 12.8. The number of carbonyl (C=O) groups is 1. The molecule has 2 rings (SSSR count). The Kier molecular flexibility index (Phi) is 6.24. The topological polar surface area (TPSA) is 66.8 Å². The van der Waals surface area contributed by atoms with Crippen molar-refractivity contribution >= 4 is 5.97 Å². The molecule has 0 spiro atoms. The SMILES string of the molecule is O=C1OC[C@@H]2C=C[C@H](CO)C[C@]12CCCCCCCCO. The first-order valence-corrected chi connectivity index (χ1v) is 8.30. The molecule has 0 amide bonds. The van der Waals surface area contributed by atoms with Crippen molar-refractivity contribution in [1.82, 2.24) is 0 Å². The van der Waals surface area contributed by atoms with Crippen LogP contribution < -0.4 is 0 Å². The average molecular weight is 296 g/mol. The smallest absolute Gasteiger partial charge is 0.312 e. The van der Waals surface area contributed by atoms with Crippen LogP contribution in [0.1, 0.15) is 51.4 Å². The van der Waals surface area contributed by atoms with Gasteiger partial charge in [0, 0.05) is 25.0 Å². The molecule has 1 heterocycles. The molecule has 1 saturated heterocycles. The molecular weight excluding hydrogens is 268 g/mol. The van der Waals surface area contributed by atoms with Crippen molar-refractivity contribution in [1.29, 1.82) is 0 Å². The van der Waals surface area contributed by atoms with Gasteiger partial charge in [-0.3, -0.25) is 4.79 Å². The summed E-state index contributed by atoms with van der Waals surface area (Å²) < 4.78 is 5.31. The molecule has 21 heavy (non-hydrogen) atoms. The molecule has 1 aliphatic heterocycles. The summed E-state index contributed by atoms with van der Waals surface area (Å²) in [5, 5.41) is 18.1. The Hall–Kier alpha value is -0.870. The number of unbranched alkanes of at least 4 members (excludes halogenated alkanes) is 5. The zero-order chi connectivity index (χ0) is 15.1. The van der Waals surface area contributed by atoms with Gasteiger partial charge in [0.25, 0.3) is 0 Å². The first-order chi connectivity index (χ1) is 10.2. The number of cyclic esters (lactones) is 1. The summed E-state index contributed by atoms with van der Waals surface area (Å²) in [6.07, 6.45) is 12.2. The van der Waals surface area contributed by atoms with Crippen molar-refractivity contribution in [2.75, 3.05) is 19.8 Å². The van der Waals surface area contributed by atoms with Gasteiger partial charge in [-0.1, -0.05) is 44.3 Å². The Labute approximate surface area is 127 Å². The normalized spacial score (nSPS) is 31.2. The molecule has 1 fully saturated rings. The van der Waals surface area contributed by atoms with Gasteiger partial charge in [0.05, 0.1) is 12.0 Å². The Balaban J connectivity index is 1.81. The molecule has 0 bridgehead atoms. The average Bonchev–Trinajstić information content (AvgIpc) is 2.83. The van der Waals surface area contributed by atoms with E-state index in [-0.39, 0.29) is 36.4 Å². The summed E-state index contributed by atoms with van der Waals surface area (Å²) in [4.78, 5) is 12.2. The predicted octanol–water partition coefficient (Wildman–Crippen LogP) is 2.44. The number of hydrogen-bond acceptors (Lipinski definition) is 4. The minimum absolute atomic E-state index is 0.0596. The molecule has 0 unspecified atom stereocenters. The van der Waals surface area contributed by atoms with Crippen LogP contribution in [0.3, 0.4) is 0 Å². The first kappa shape index (κ1) is 16.5. The molecule has 2 N–H and O–H groups in total. The summed E-state index contributed by atoms with van der Waals surface area (Å²) in [7, 11) is 0. The lowest BCUT2D eigenvalue weighted by molar-refractivity contribution is -0.148. The molecule has 0 radical (unpaired) electrons. The van der Waals surface area contributed by atoms with Crippen molar-refractivity contribution in [2.24, 2.45) is 17.3 Å². The van der Waals surface area contributed by atoms with Gasteiger partial charge in [-0.25, -0.2) is 0 Å². The number of aliphatic hydroxyl groups excluding tert-OH is 2. The van der Waals surface area contributed by atoms with Gasteiger partial charge in [-0.2, -0.15) is 0 Å². The van der Waals surface area contributed by atoms with Crippen molar-refractivity contribution in [3.8, 4) is 0 Å². The highest BCUT2D eigenvalue weighted by Gasteiger charge is 2.52.